The van der Waals surface area contributed by atoms with Gasteiger partial charge in [0, 0.05) is 11.6 Å². The second-order valence-electron chi connectivity index (χ2n) is 7.37. The fourth-order valence-electron chi connectivity index (χ4n) is 3.22. The smallest absolute Gasteiger partial charge is 0.401 e. The van der Waals surface area contributed by atoms with E-state index in [1.54, 1.807) is 0 Å². The Kier molecular flexibility index (Phi) is 6.20. The van der Waals surface area contributed by atoms with Crippen molar-refractivity contribution in [3.05, 3.63) is 80.9 Å². The number of hydrogen-bond donors (Lipinski definition) is 1. The predicted octanol–water partition coefficient (Wildman–Crippen LogP) is 5.64. The quantitative estimate of drug-likeness (QED) is 0.210. The van der Waals surface area contributed by atoms with Crippen LogP contribution in [0.5, 0.6) is 0 Å². The number of nitrogens with two attached hydrogens (primary N) is 1. The Hall–Kier alpha value is -4.00. The zero-order valence-corrected chi connectivity index (χ0v) is 18.6. The lowest BCUT2D eigenvalue weighted by molar-refractivity contribution is -0.140. The van der Waals surface area contributed by atoms with Crippen molar-refractivity contribution in [3.63, 3.8) is 0 Å². The highest BCUT2D eigenvalue weighted by Crippen LogP contribution is 2.32. The molecule has 7 nitrogen and oxygen atoms in total. The van der Waals surface area contributed by atoms with Gasteiger partial charge in [0.25, 0.3) is 0 Å². The number of rotatable bonds is 3. The monoisotopic (exact) mass is 527 g/mol. The number of hydrogen-bond acceptors (Lipinski definition) is 7. The van der Waals surface area contributed by atoms with E-state index in [1.807, 2.05) is 0 Å². The zero-order chi connectivity index (χ0) is 26.4. The molecule has 1 aromatic carbocycles. The molecule has 2 N–H and O–H groups in total. The molecule has 0 saturated carbocycles. The third-order valence-electron chi connectivity index (χ3n) is 4.94. The summed E-state index contributed by atoms with van der Waals surface area (Å²) in [5, 5.41) is -0.0273. The highest BCUT2D eigenvalue weighted by molar-refractivity contribution is 6.32. The maximum atomic E-state index is 13.1. The van der Waals surface area contributed by atoms with Crippen molar-refractivity contribution in [3.8, 4) is 0 Å². The summed E-state index contributed by atoms with van der Waals surface area (Å²) in [5.41, 5.74) is 0.726. The van der Waals surface area contributed by atoms with Gasteiger partial charge >= 0.3 is 18.0 Å². The Morgan fingerprint density at radius 3 is 2.47 bits per heavy atom. The first-order valence-electron chi connectivity index (χ1n) is 9.82. The maximum absolute atomic E-state index is 13.1. The molecule has 0 bridgehead atoms. The minimum atomic E-state index is -4.94. The van der Waals surface area contributed by atoms with Crippen LogP contribution in [0.3, 0.4) is 0 Å². The van der Waals surface area contributed by atoms with E-state index in [0.717, 1.165) is 18.2 Å². The van der Waals surface area contributed by atoms with Gasteiger partial charge in [-0.1, -0.05) is 17.7 Å². The number of aromatic nitrogens is 3. The van der Waals surface area contributed by atoms with Crippen LogP contribution in [0.25, 0.3) is 21.8 Å². The molecule has 186 valence electrons. The summed E-state index contributed by atoms with van der Waals surface area (Å²) in [5.74, 6) is -0.854. The average molecular weight is 528 g/mol. The topological polar surface area (TPSA) is 107 Å². The van der Waals surface area contributed by atoms with Gasteiger partial charge in [0.15, 0.2) is 5.82 Å². The first kappa shape index (κ1) is 25.1. The van der Waals surface area contributed by atoms with Gasteiger partial charge in [-0.15, -0.1) is 0 Å². The van der Waals surface area contributed by atoms with Gasteiger partial charge in [-0.2, -0.15) is 26.3 Å². The number of fused-ring (bicyclic) bond motifs is 2. The number of halogens is 7. The van der Waals surface area contributed by atoms with Gasteiger partial charge in [-0.3, -0.25) is 0 Å². The standard InChI is InChI=1S/C22H12ClF6N5O2/c1-9-10-4-5-16(22(27,28)29)32-13(10)7-11-17(9)34-19(36-20(11)35)14(8-15(30)21(24,25)26)33-18-12(23)3-2-6-31-18/h2-8H,30H2,1H3. The lowest BCUT2D eigenvalue weighted by atomic mass is 10.0. The van der Waals surface area contributed by atoms with Gasteiger partial charge < -0.3 is 10.2 Å². The summed E-state index contributed by atoms with van der Waals surface area (Å²) in [7, 11) is 0. The molecule has 0 fully saturated rings. The van der Waals surface area contributed by atoms with Crippen LogP contribution >= 0.6 is 11.6 Å². The number of aryl methyl sites for hydroxylation is 1. The summed E-state index contributed by atoms with van der Waals surface area (Å²) in [6.45, 7) is 1.46. The van der Waals surface area contributed by atoms with Crippen LogP contribution in [-0.2, 0) is 6.18 Å². The molecule has 0 unspecified atom stereocenters. The second kappa shape index (κ2) is 8.90. The zero-order valence-electron chi connectivity index (χ0n) is 17.9. The Morgan fingerprint density at radius 2 is 1.83 bits per heavy atom. The molecule has 0 aliphatic heterocycles. The van der Waals surface area contributed by atoms with E-state index in [0.29, 0.717) is 6.08 Å². The first-order valence-corrected chi connectivity index (χ1v) is 10.2. The molecule has 0 aliphatic carbocycles. The Labute approximate surface area is 202 Å². The Bertz CT molecular complexity index is 1630. The van der Waals surface area contributed by atoms with E-state index >= 15 is 0 Å². The van der Waals surface area contributed by atoms with Crippen molar-refractivity contribution < 1.29 is 30.8 Å². The van der Waals surface area contributed by atoms with E-state index in [9.17, 15) is 31.1 Å². The maximum Gasteiger partial charge on any atom is 0.433 e. The number of aliphatic imine (C=N–C) groups is 1. The lowest BCUT2D eigenvalue weighted by Gasteiger charge is -2.11. The number of allylic oxidation sites excluding steroid dienone is 2. The van der Waals surface area contributed by atoms with Crippen LogP contribution < -0.4 is 11.4 Å². The summed E-state index contributed by atoms with van der Waals surface area (Å²) < 4.78 is 83.7. The molecule has 0 aliphatic rings. The third kappa shape index (κ3) is 4.87. The van der Waals surface area contributed by atoms with E-state index in [-0.39, 0.29) is 38.2 Å². The minimum Gasteiger partial charge on any atom is -0.401 e. The molecule has 3 heterocycles. The van der Waals surface area contributed by atoms with Gasteiger partial charge in [-0.05, 0) is 42.8 Å². The van der Waals surface area contributed by atoms with E-state index in [4.69, 9.17) is 21.8 Å². The lowest BCUT2D eigenvalue weighted by Crippen LogP contribution is -2.21. The van der Waals surface area contributed by atoms with Gasteiger partial charge in [0.2, 0.25) is 5.89 Å². The van der Waals surface area contributed by atoms with E-state index in [1.165, 1.54) is 25.3 Å². The van der Waals surface area contributed by atoms with Crippen molar-refractivity contribution in [2.24, 2.45) is 10.7 Å². The Balaban J connectivity index is 1.99. The molecular formula is C22H12ClF6N5O2. The van der Waals surface area contributed by atoms with Crippen LogP contribution in [0.2, 0.25) is 5.02 Å². The second-order valence-corrected chi connectivity index (χ2v) is 7.78. The first-order chi connectivity index (χ1) is 16.8. The molecule has 0 atom stereocenters. The number of benzene rings is 1. The summed E-state index contributed by atoms with van der Waals surface area (Å²) in [6.07, 6.45) is -7.98. The van der Waals surface area contributed by atoms with Crippen LogP contribution in [-0.4, -0.2) is 26.8 Å². The van der Waals surface area contributed by atoms with Gasteiger partial charge in [-0.25, -0.2) is 24.7 Å². The normalized spacial score (nSPS) is 13.6. The fourth-order valence-corrected chi connectivity index (χ4v) is 3.38. The largest absolute Gasteiger partial charge is 0.433 e. The molecule has 0 radical (unpaired) electrons. The number of nitrogens with zero attached hydrogens (tertiary/aromatic N) is 4. The van der Waals surface area contributed by atoms with Crippen molar-refractivity contribution in [2.45, 2.75) is 19.3 Å². The molecule has 4 rings (SSSR count). The molecule has 4 aromatic rings. The molecule has 0 amide bonds. The number of pyridine rings is 2. The molecule has 0 spiro atoms. The molecule has 0 saturated heterocycles. The van der Waals surface area contributed by atoms with Crippen LogP contribution in [0, 0.1) is 6.92 Å². The van der Waals surface area contributed by atoms with Crippen molar-refractivity contribution in [1.82, 2.24) is 15.0 Å². The van der Waals surface area contributed by atoms with Crippen LogP contribution in [0.1, 0.15) is 17.1 Å². The highest BCUT2D eigenvalue weighted by atomic mass is 35.5. The summed E-state index contributed by atoms with van der Waals surface area (Å²) in [6, 6.07) is 5.81. The van der Waals surface area contributed by atoms with E-state index < -0.39 is 41.0 Å². The molecule has 14 heteroatoms. The van der Waals surface area contributed by atoms with Crippen molar-refractivity contribution in [1.29, 1.82) is 0 Å². The van der Waals surface area contributed by atoms with Crippen molar-refractivity contribution in [2.75, 3.05) is 0 Å². The SMILES string of the molecule is Cc1c2ccc(C(F)(F)F)nc2cc2c(=O)oc(C(C=C(N)C(F)(F)F)=Nc3ncccc3Cl)nc12. The van der Waals surface area contributed by atoms with E-state index in [2.05, 4.69) is 19.9 Å². The average Bonchev–Trinajstić information content (AvgIpc) is 2.79. The van der Waals surface area contributed by atoms with Gasteiger partial charge in [0.1, 0.15) is 17.1 Å². The van der Waals surface area contributed by atoms with Crippen LogP contribution in [0.4, 0.5) is 32.2 Å². The Morgan fingerprint density at radius 1 is 1.11 bits per heavy atom. The summed E-state index contributed by atoms with van der Waals surface area (Å²) >= 11 is 6.00. The minimum absolute atomic E-state index is 0.0224. The molecule has 3 aromatic heterocycles. The third-order valence-corrected chi connectivity index (χ3v) is 5.23. The fraction of sp³-hybridized carbons (Fsp3) is 0.136. The summed E-state index contributed by atoms with van der Waals surface area (Å²) in [4.78, 5) is 28.3. The molecule has 36 heavy (non-hydrogen) atoms. The highest BCUT2D eigenvalue weighted by Gasteiger charge is 2.33. The van der Waals surface area contributed by atoms with Crippen LogP contribution in [0.15, 0.2) is 62.5 Å². The molecular weight excluding hydrogens is 516 g/mol. The van der Waals surface area contributed by atoms with Crippen molar-refractivity contribution >= 4 is 44.9 Å². The van der Waals surface area contributed by atoms with Gasteiger partial charge in [0.05, 0.1) is 21.4 Å². The predicted molar refractivity (Wildman–Crippen MR) is 119 cm³/mol. The number of alkyl halides is 6.